The van der Waals surface area contributed by atoms with E-state index in [-0.39, 0.29) is 0 Å². The van der Waals surface area contributed by atoms with Crippen molar-refractivity contribution in [3.63, 3.8) is 0 Å². The Morgan fingerprint density at radius 3 is 1.75 bits per heavy atom. The van der Waals surface area contributed by atoms with Gasteiger partial charge in [-0.05, 0) is 6.92 Å². The molecule has 2 aliphatic heterocycles. The van der Waals surface area contributed by atoms with Crippen molar-refractivity contribution in [1.82, 2.24) is 0 Å². The van der Waals surface area contributed by atoms with Gasteiger partial charge >= 0.3 is 0 Å². The van der Waals surface area contributed by atoms with Crippen molar-refractivity contribution in [1.29, 1.82) is 0 Å². The Labute approximate surface area is 147 Å². The first-order valence-electron chi connectivity index (χ1n) is 6.70. The van der Waals surface area contributed by atoms with E-state index in [0.29, 0.717) is 37.5 Å². The smallest absolute Gasteiger partial charge is 0.0597 e. The topological polar surface area (TPSA) is 40.5 Å². The van der Waals surface area contributed by atoms with Crippen LogP contribution in [-0.2, 0) is 0 Å². The molecule has 2 fully saturated rings. The van der Waals surface area contributed by atoms with E-state index in [4.69, 9.17) is 10.2 Å². The number of thioether (sulfide) groups is 6. The van der Waals surface area contributed by atoms with Gasteiger partial charge in [-0.25, -0.2) is 0 Å². The molecule has 2 saturated heterocycles. The Hall–Kier alpha value is 2.02. The van der Waals surface area contributed by atoms with Crippen LogP contribution < -0.4 is 0 Å². The van der Waals surface area contributed by atoms with E-state index in [9.17, 15) is 0 Å². The van der Waals surface area contributed by atoms with Gasteiger partial charge in [0, 0.05) is 38.1 Å². The summed E-state index contributed by atoms with van der Waals surface area (Å²) in [5.41, 5.74) is 0. The summed E-state index contributed by atoms with van der Waals surface area (Å²) < 4.78 is 1.96. The lowest BCUT2D eigenvalue weighted by Crippen LogP contribution is -2.08. The predicted octanol–water partition coefficient (Wildman–Crippen LogP) is 3.13. The lowest BCUT2D eigenvalue weighted by atomic mass is 10.5. The molecule has 2 nitrogen and oxygen atoms in total. The molecule has 0 aliphatic carbocycles. The highest BCUT2D eigenvalue weighted by molar-refractivity contribution is 8.24. The largest absolute Gasteiger partial charge is 0.395 e. The van der Waals surface area contributed by atoms with E-state index in [2.05, 4.69) is 6.92 Å². The molecule has 0 saturated carbocycles. The van der Waals surface area contributed by atoms with Crippen LogP contribution in [0.15, 0.2) is 0 Å². The standard InChI is InChI=1S/C12H22O2S6/c1-8(15-6-11-17-4-9(2-13)19-11)16-7-12-18-5-10(3-14)20-12/h8-14H,2-7H2,1H3. The van der Waals surface area contributed by atoms with Gasteiger partial charge in [-0.3, -0.25) is 0 Å². The fourth-order valence-corrected chi connectivity index (χ4v) is 11.2. The molecule has 0 aromatic carbocycles. The van der Waals surface area contributed by atoms with Crippen LogP contribution in [0.25, 0.3) is 0 Å². The average molecular weight is 391 g/mol. The molecule has 0 bridgehead atoms. The molecule has 8 heteroatoms. The second kappa shape index (κ2) is 10.0. The number of aliphatic hydroxyl groups is 2. The van der Waals surface area contributed by atoms with E-state index in [0.717, 1.165) is 11.5 Å². The first-order chi connectivity index (χ1) is 9.71. The zero-order valence-electron chi connectivity index (χ0n) is 11.5. The van der Waals surface area contributed by atoms with Crippen LogP contribution in [0.1, 0.15) is 6.92 Å². The summed E-state index contributed by atoms with van der Waals surface area (Å²) in [5, 5.41) is 19.2. The molecule has 2 N–H and O–H groups in total. The molecule has 0 radical (unpaired) electrons. The second-order valence-corrected chi connectivity index (χ2v) is 13.8. The van der Waals surface area contributed by atoms with Gasteiger partial charge in [-0.1, -0.05) is 0 Å². The Morgan fingerprint density at radius 2 is 1.40 bits per heavy atom. The molecular formula is C12H22O2S6. The van der Waals surface area contributed by atoms with Crippen molar-refractivity contribution in [2.45, 2.75) is 31.2 Å². The van der Waals surface area contributed by atoms with E-state index >= 15 is 0 Å². The summed E-state index contributed by atoms with van der Waals surface area (Å²) >= 11 is 12.0. The summed E-state index contributed by atoms with van der Waals surface area (Å²) in [6.07, 6.45) is 0. The molecule has 0 aromatic heterocycles. The van der Waals surface area contributed by atoms with Crippen molar-refractivity contribution in [2.24, 2.45) is 0 Å². The van der Waals surface area contributed by atoms with Gasteiger partial charge in [0.05, 0.1) is 22.4 Å². The Kier molecular flexibility index (Phi) is 9.18. The maximum Gasteiger partial charge on any atom is 0.0597 e. The lowest BCUT2D eigenvalue weighted by molar-refractivity contribution is 0.301. The highest BCUT2D eigenvalue weighted by atomic mass is 32.2. The molecule has 2 heterocycles. The van der Waals surface area contributed by atoms with E-state index in [1.165, 1.54) is 11.5 Å². The van der Waals surface area contributed by atoms with E-state index in [1.807, 2.05) is 70.6 Å². The Balaban J connectivity index is 1.53. The van der Waals surface area contributed by atoms with Crippen molar-refractivity contribution < 1.29 is 10.2 Å². The number of aliphatic hydroxyl groups excluding tert-OH is 2. The molecule has 118 valence electrons. The molecule has 0 amide bonds. The van der Waals surface area contributed by atoms with Crippen molar-refractivity contribution >= 4 is 70.6 Å². The van der Waals surface area contributed by atoms with Crippen LogP contribution in [0, 0.1) is 0 Å². The van der Waals surface area contributed by atoms with Crippen LogP contribution in [0.2, 0.25) is 0 Å². The Morgan fingerprint density at radius 1 is 0.950 bits per heavy atom. The van der Waals surface area contributed by atoms with Gasteiger partial charge in [-0.2, -0.15) is 0 Å². The fourth-order valence-electron chi connectivity index (χ4n) is 1.86. The average Bonchev–Trinajstić information content (AvgIpc) is 3.11. The van der Waals surface area contributed by atoms with Crippen LogP contribution >= 0.6 is 70.6 Å². The summed E-state index contributed by atoms with van der Waals surface area (Å²) in [7, 11) is 0. The number of rotatable bonds is 8. The quantitative estimate of drug-likeness (QED) is 0.613. The van der Waals surface area contributed by atoms with Crippen molar-refractivity contribution in [3.05, 3.63) is 0 Å². The molecular weight excluding hydrogens is 369 g/mol. The first-order valence-corrected chi connectivity index (χ1v) is 12.8. The van der Waals surface area contributed by atoms with Gasteiger partial charge in [0.1, 0.15) is 0 Å². The van der Waals surface area contributed by atoms with Crippen LogP contribution in [0.3, 0.4) is 0 Å². The minimum Gasteiger partial charge on any atom is -0.395 e. The van der Waals surface area contributed by atoms with Crippen molar-refractivity contribution in [2.75, 3.05) is 36.2 Å². The fraction of sp³-hybridized carbons (Fsp3) is 1.00. The molecule has 4 unspecified atom stereocenters. The maximum absolute atomic E-state index is 9.14. The predicted molar refractivity (Wildman–Crippen MR) is 104 cm³/mol. The van der Waals surface area contributed by atoms with Gasteiger partial charge in [0.15, 0.2) is 0 Å². The van der Waals surface area contributed by atoms with Gasteiger partial charge < -0.3 is 10.2 Å². The summed E-state index contributed by atoms with van der Waals surface area (Å²) in [5.74, 6) is 4.58. The third kappa shape index (κ3) is 6.26. The third-order valence-electron chi connectivity index (χ3n) is 2.97. The first kappa shape index (κ1) is 18.4. The maximum atomic E-state index is 9.14. The third-order valence-corrected chi connectivity index (χ3v) is 13.1. The monoisotopic (exact) mass is 390 g/mol. The molecule has 20 heavy (non-hydrogen) atoms. The zero-order valence-corrected chi connectivity index (χ0v) is 16.4. The summed E-state index contributed by atoms with van der Waals surface area (Å²) in [4.78, 5) is 0. The SMILES string of the molecule is CC(SCC1SCC(CO)S1)SCC1SCC(CO)S1. The highest BCUT2D eigenvalue weighted by Gasteiger charge is 2.27. The minimum absolute atomic E-state index is 0.325. The van der Waals surface area contributed by atoms with E-state index in [1.54, 1.807) is 0 Å². The van der Waals surface area contributed by atoms with Crippen LogP contribution in [0.4, 0.5) is 0 Å². The van der Waals surface area contributed by atoms with Crippen molar-refractivity contribution in [3.8, 4) is 0 Å². The van der Waals surface area contributed by atoms with E-state index < -0.39 is 0 Å². The van der Waals surface area contributed by atoms with Gasteiger partial charge in [0.2, 0.25) is 0 Å². The highest BCUT2D eigenvalue weighted by Crippen LogP contribution is 2.43. The normalized spacial score (nSPS) is 35.5. The minimum atomic E-state index is 0.325. The second-order valence-electron chi connectivity index (χ2n) is 4.64. The Bertz CT molecular complexity index is 257. The summed E-state index contributed by atoms with van der Waals surface area (Å²) in [6.45, 7) is 2.95. The zero-order chi connectivity index (χ0) is 14.4. The van der Waals surface area contributed by atoms with Crippen LogP contribution in [-0.4, -0.2) is 70.7 Å². The molecule has 0 aromatic rings. The molecule has 4 atom stereocenters. The molecule has 0 spiro atoms. The van der Waals surface area contributed by atoms with Gasteiger partial charge in [-0.15, -0.1) is 70.6 Å². The van der Waals surface area contributed by atoms with Crippen LogP contribution in [0.5, 0.6) is 0 Å². The number of hydrogen-bond donors (Lipinski definition) is 2. The molecule has 2 rings (SSSR count). The number of hydrogen-bond acceptors (Lipinski definition) is 8. The van der Waals surface area contributed by atoms with Gasteiger partial charge in [0.25, 0.3) is 0 Å². The summed E-state index contributed by atoms with van der Waals surface area (Å²) in [6, 6.07) is 0. The molecule has 2 aliphatic rings. The lowest BCUT2D eigenvalue weighted by Gasteiger charge is -2.16.